The van der Waals surface area contributed by atoms with Crippen LogP contribution in [0.5, 0.6) is 0 Å². The minimum atomic E-state index is -4.78. The standard InChI is InChI=1S/C7H11F3N2O/c1-4-2-11-3-5(4)12-6(13)7(8,9)10/h4-5,11H,2-3H2,1H3,(H,12,13)/t4-,5-/m1/s1. The third kappa shape index (κ3) is 2.58. The molecule has 1 saturated heterocycles. The number of hydrogen-bond donors (Lipinski definition) is 2. The van der Waals surface area contributed by atoms with Gasteiger partial charge in [-0.05, 0) is 12.5 Å². The van der Waals surface area contributed by atoms with Crippen molar-refractivity contribution in [1.29, 1.82) is 0 Å². The minimum Gasteiger partial charge on any atom is -0.344 e. The third-order valence-corrected chi connectivity index (χ3v) is 2.09. The van der Waals surface area contributed by atoms with E-state index < -0.39 is 18.1 Å². The Morgan fingerprint density at radius 2 is 2.08 bits per heavy atom. The average molecular weight is 196 g/mol. The summed E-state index contributed by atoms with van der Waals surface area (Å²) in [6, 6.07) is -0.408. The Morgan fingerprint density at radius 3 is 2.46 bits per heavy atom. The molecule has 1 fully saturated rings. The molecule has 76 valence electrons. The van der Waals surface area contributed by atoms with E-state index in [9.17, 15) is 18.0 Å². The Morgan fingerprint density at radius 1 is 1.46 bits per heavy atom. The lowest BCUT2D eigenvalue weighted by molar-refractivity contribution is -0.174. The number of rotatable bonds is 1. The number of carbonyl (C=O) groups is 1. The van der Waals surface area contributed by atoms with Gasteiger partial charge in [0, 0.05) is 12.6 Å². The van der Waals surface area contributed by atoms with Crippen LogP contribution in [0.25, 0.3) is 0 Å². The second-order valence-electron chi connectivity index (χ2n) is 3.21. The first-order valence-electron chi connectivity index (χ1n) is 3.99. The van der Waals surface area contributed by atoms with Crippen molar-refractivity contribution in [1.82, 2.24) is 10.6 Å². The second-order valence-corrected chi connectivity index (χ2v) is 3.21. The zero-order valence-electron chi connectivity index (χ0n) is 7.11. The highest BCUT2D eigenvalue weighted by Gasteiger charge is 2.40. The summed E-state index contributed by atoms with van der Waals surface area (Å²) in [6.07, 6.45) is -4.78. The van der Waals surface area contributed by atoms with Crippen molar-refractivity contribution in [3.05, 3.63) is 0 Å². The highest BCUT2D eigenvalue weighted by Crippen LogP contribution is 2.16. The van der Waals surface area contributed by atoms with Crippen molar-refractivity contribution in [2.75, 3.05) is 13.1 Å². The van der Waals surface area contributed by atoms with Crippen LogP contribution in [0.15, 0.2) is 0 Å². The fraction of sp³-hybridized carbons (Fsp3) is 0.857. The summed E-state index contributed by atoms with van der Waals surface area (Å²) in [5.41, 5.74) is 0. The fourth-order valence-electron chi connectivity index (χ4n) is 1.25. The van der Waals surface area contributed by atoms with E-state index in [2.05, 4.69) is 5.32 Å². The lowest BCUT2D eigenvalue weighted by Gasteiger charge is -2.16. The van der Waals surface area contributed by atoms with Gasteiger partial charge in [-0.25, -0.2) is 0 Å². The van der Waals surface area contributed by atoms with Gasteiger partial charge in [-0.15, -0.1) is 0 Å². The molecule has 0 unspecified atom stereocenters. The molecular weight excluding hydrogens is 185 g/mol. The van der Waals surface area contributed by atoms with Crippen LogP contribution in [0, 0.1) is 5.92 Å². The third-order valence-electron chi connectivity index (χ3n) is 2.09. The van der Waals surface area contributed by atoms with Crippen molar-refractivity contribution in [3.63, 3.8) is 0 Å². The summed E-state index contributed by atoms with van der Waals surface area (Å²) >= 11 is 0. The Kier molecular flexibility index (Phi) is 2.80. The predicted octanol–water partition coefficient (Wildman–Crippen LogP) is 0.273. The van der Waals surface area contributed by atoms with Crippen LogP contribution >= 0.6 is 0 Å². The molecule has 1 aliphatic heterocycles. The quantitative estimate of drug-likeness (QED) is 0.632. The van der Waals surface area contributed by atoms with E-state index in [-0.39, 0.29) is 5.92 Å². The van der Waals surface area contributed by atoms with Gasteiger partial charge in [-0.2, -0.15) is 13.2 Å². The van der Waals surface area contributed by atoms with Gasteiger partial charge in [0.05, 0.1) is 0 Å². The smallest absolute Gasteiger partial charge is 0.344 e. The van der Waals surface area contributed by atoms with Crippen LogP contribution in [0.4, 0.5) is 13.2 Å². The van der Waals surface area contributed by atoms with E-state index in [1.165, 1.54) is 0 Å². The summed E-state index contributed by atoms with van der Waals surface area (Å²) in [7, 11) is 0. The summed E-state index contributed by atoms with van der Waals surface area (Å²) in [6.45, 7) is 2.84. The molecule has 0 aromatic carbocycles. The maximum Gasteiger partial charge on any atom is 0.471 e. The maximum absolute atomic E-state index is 11.8. The molecule has 2 atom stereocenters. The number of hydrogen-bond acceptors (Lipinski definition) is 2. The van der Waals surface area contributed by atoms with E-state index in [1.54, 1.807) is 6.92 Å². The molecule has 3 nitrogen and oxygen atoms in total. The Labute approximate surface area is 73.7 Å². The lowest BCUT2D eigenvalue weighted by Crippen LogP contribution is -2.46. The zero-order valence-corrected chi connectivity index (χ0v) is 7.11. The van der Waals surface area contributed by atoms with Crippen LogP contribution < -0.4 is 10.6 Å². The molecule has 0 saturated carbocycles. The summed E-state index contributed by atoms with van der Waals surface area (Å²) in [4.78, 5) is 10.5. The second kappa shape index (κ2) is 3.53. The fourth-order valence-corrected chi connectivity index (χ4v) is 1.25. The molecule has 0 aliphatic carbocycles. The number of alkyl halides is 3. The highest BCUT2D eigenvalue weighted by atomic mass is 19.4. The Balaban J connectivity index is 2.45. The van der Waals surface area contributed by atoms with E-state index in [0.29, 0.717) is 13.1 Å². The molecule has 2 N–H and O–H groups in total. The molecule has 13 heavy (non-hydrogen) atoms. The molecule has 1 amide bonds. The average Bonchev–Trinajstić information content (AvgIpc) is 2.34. The SMILES string of the molecule is C[C@@H]1CNC[C@H]1NC(=O)C(F)(F)F. The topological polar surface area (TPSA) is 41.1 Å². The van der Waals surface area contributed by atoms with Crippen molar-refractivity contribution in [2.45, 2.75) is 19.1 Å². The van der Waals surface area contributed by atoms with Crippen molar-refractivity contribution >= 4 is 5.91 Å². The van der Waals surface area contributed by atoms with E-state index >= 15 is 0 Å². The van der Waals surface area contributed by atoms with Gasteiger partial charge in [-0.1, -0.05) is 6.92 Å². The van der Waals surface area contributed by atoms with Crippen molar-refractivity contribution < 1.29 is 18.0 Å². The van der Waals surface area contributed by atoms with Gasteiger partial charge in [0.15, 0.2) is 0 Å². The Bertz CT molecular complexity index is 204. The van der Waals surface area contributed by atoms with Gasteiger partial charge in [0.2, 0.25) is 0 Å². The number of amides is 1. The Hall–Kier alpha value is -0.780. The number of halogens is 3. The normalized spacial score (nSPS) is 28.9. The van der Waals surface area contributed by atoms with Crippen LogP contribution in [-0.4, -0.2) is 31.2 Å². The molecule has 1 aliphatic rings. The van der Waals surface area contributed by atoms with Gasteiger partial charge in [0.25, 0.3) is 0 Å². The molecule has 0 aromatic rings. The molecule has 0 bridgehead atoms. The molecule has 0 aromatic heterocycles. The molecule has 0 radical (unpaired) electrons. The van der Waals surface area contributed by atoms with Crippen LogP contribution in [0.1, 0.15) is 6.92 Å². The van der Waals surface area contributed by atoms with Crippen LogP contribution in [-0.2, 0) is 4.79 Å². The van der Waals surface area contributed by atoms with Crippen LogP contribution in [0.3, 0.4) is 0 Å². The summed E-state index contributed by atoms with van der Waals surface area (Å²) in [5.74, 6) is -1.81. The number of nitrogens with one attached hydrogen (secondary N) is 2. The zero-order chi connectivity index (χ0) is 10.1. The highest BCUT2D eigenvalue weighted by molar-refractivity contribution is 5.82. The first-order valence-corrected chi connectivity index (χ1v) is 3.99. The van der Waals surface area contributed by atoms with E-state index in [0.717, 1.165) is 0 Å². The van der Waals surface area contributed by atoms with Gasteiger partial charge >= 0.3 is 12.1 Å². The van der Waals surface area contributed by atoms with Gasteiger partial charge in [-0.3, -0.25) is 4.79 Å². The molecule has 1 heterocycles. The summed E-state index contributed by atoms with van der Waals surface area (Å²) < 4.78 is 35.4. The van der Waals surface area contributed by atoms with Crippen LogP contribution in [0.2, 0.25) is 0 Å². The molecular formula is C7H11F3N2O. The van der Waals surface area contributed by atoms with E-state index in [4.69, 9.17) is 0 Å². The van der Waals surface area contributed by atoms with Gasteiger partial charge < -0.3 is 10.6 Å². The largest absolute Gasteiger partial charge is 0.471 e. The van der Waals surface area contributed by atoms with E-state index in [1.807, 2.05) is 5.32 Å². The van der Waals surface area contributed by atoms with Crippen molar-refractivity contribution in [3.8, 4) is 0 Å². The maximum atomic E-state index is 11.8. The lowest BCUT2D eigenvalue weighted by atomic mass is 10.1. The first-order chi connectivity index (χ1) is 5.91. The van der Waals surface area contributed by atoms with Crippen molar-refractivity contribution in [2.24, 2.45) is 5.92 Å². The number of carbonyl (C=O) groups excluding carboxylic acids is 1. The predicted molar refractivity (Wildman–Crippen MR) is 40.0 cm³/mol. The molecule has 6 heteroatoms. The first kappa shape index (κ1) is 10.3. The molecule has 0 spiro atoms. The minimum absolute atomic E-state index is 0.0475. The monoisotopic (exact) mass is 196 g/mol. The summed E-state index contributed by atoms with van der Waals surface area (Å²) in [5, 5.41) is 4.84. The van der Waals surface area contributed by atoms with Gasteiger partial charge in [0.1, 0.15) is 0 Å². The molecule has 1 rings (SSSR count).